The van der Waals surface area contributed by atoms with Gasteiger partial charge in [0.2, 0.25) is 5.91 Å². The molecule has 2 saturated carbocycles. The largest absolute Gasteiger partial charge is 0.496 e. The topological polar surface area (TPSA) is 75.6 Å². The molecule has 0 bridgehead atoms. The third kappa shape index (κ3) is 3.33. The molecule has 0 aliphatic heterocycles. The van der Waals surface area contributed by atoms with E-state index < -0.39 is 11.9 Å². The molecule has 0 unspecified atom stereocenters. The number of rotatable bonds is 7. The highest BCUT2D eigenvalue weighted by atomic mass is 16.5. The zero-order valence-corrected chi connectivity index (χ0v) is 13.3. The van der Waals surface area contributed by atoms with E-state index in [1.165, 1.54) is 6.42 Å². The fourth-order valence-electron chi connectivity index (χ4n) is 3.94. The molecule has 3 atom stereocenters. The van der Waals surface area contributed by atoms with Crippen molar-refractivity contribution < 1.29 is 19.4 Å². The Hall–Kier alpha value is -2.04. The number of hydrogen-bond acceptors (Lipinski definition) is 3. The van der Waals surface area contributed by atoms with Crippen molar-refractivity contribution in [1.82, 2.24) is 5.32 Å². The number of nitrogens with one attached hydrogen (secondary N) is 1. The molecule has 0 radical (unpaired) electrons. The van der Waals surface area contributed by atoms with Gasteiger partial charge in [0, 0.05) is 12.5 Å². The summed E-state index contributed by atoms with van der Waals surface area (Å²) in [6, 6.07) is 7.40. The Bertz CT molecular complexity index is 590. The second-order valence-electron chi connectivity index (χ2n) is 6.58. The number of hydrogen-bond donors (Lipinski definition) is 2. The summed E-state index contributed by atoms with van der Waals surface area (Å²) < 4.78 is 5.27. The number of amides is 1. The van der Waals surface area contributed by atoms with E-state index in [4.69, 9.17) is 4.74 Å². The molecule has 3 rings (SSSR count). The molecule has 0 aromatic heterocycles. The van der Waals surface area contributed by atoms with Gasteiger partial charge in [0.15, 0.2) is 0 Å². The van der Waals surface area contributed by atoms with Crippen LogP contribution in [0, 0.1) is 23.7 Å². The normalized spacial score (nSPS) is 26.2. The lowest BCUT2D eigenvalue weighted by Gasteiger charge is -2.16. The standard InChI is InChI=1S/C18H23NO4/c1-23-15-8-3-2-5-11(15)9-12(18(21)22)10-19-17(20)16-13-6-4-7-14(13)16/h2-3,5,8,12-14,16H,4,6-7,9-10H2,1H3,(H,19,20)(H,21,22)/t12-,13+,14+/m1/s1. The molecule has 0 spiro atoms. The number of carboxylic acid groups (broad SMARTS) is 1. The second-order valence-corrected chi connectivity index (χ2v) is 6.58. The zero-order valence-electron chi connectivity index (χ0n) is 13.3. The van der Waals surface area contributed by atoms with E-state index in [9.17, 15) is 14.7 Å². The molecule has 2 aliphatic rings. The fourth-order valence-corrected chi connectivity index (χ4v) is 3.94. The SMILES string of the molecule is COc1ccccc1C[C@H](CNC(=O)C1[C@H]2CCC[C@H]12)C(=O)O. The first-order valence-corrected chi connectivity index (χ1v) is 8.24. The maximum atomic E-state index is 12.2. The summed E-state index contributed by atoms with van der Waals surface area (Å²) in [5, 5.41) is 12.3. The molecule has 5 nitrogen and oxygen atoms in total. The van der Waals surface area contributed by atoms with Gasteiger partial charge >= 0.3 is 5.97 Å². The maximum Gasteiger partial charge on any atom is 0.308 e. The number of para-hydroxylation sites is 1. The van der Waals surface area contributed by atoms with Gasteiger partial charge in [-0.1, -0.05) is 24.6 Å². The highest BCUT2D eigenvalue weighted by Gasteiger charge is 2.56. The van der Waals surface area contributed by atoms with E-state index in [0.29, 0.717) is 24.0 Å². The zero-order chi connectivity index (χ0) is 16.4. The second kappa shape index (κ2) is 6.60. The Morgan fingerprint density at radius 3 is 2.65 bits per heavy atom. The van der Waals surface area contributed by atoms with E-state index in [2.05, 4.69) is 5.32 Å². The number of benzene rings is 1. The summed E-state index contributed by atoms with van der Waals surface area (Å²) in [7, 11) is 1.57. The number of carbonyl (C=O) groups excluding carboxylic acids is 1. The summed E-state index contributed by atoms with van der Waals surface area (Å²) in [6.45, 7) is 0.169. The Labute approximate surface area is 136 Å². The van der Waals surface area contributed by atoms with Crippen LogP contribution in [0.4, 0.5) is 0 Å². The van der Waals surface area contributed by atoms with E-state index >= 15 is 0 Å². The lowest BCUT2D eigenvalue weighted by molar-refractivity contribution is -0.141. The van der Waals surface area contributed by atoms with Gasteiger partial charge in [0.1, 0.15) is 5.75 Å². The van der Waals surface area contributed by atoms with Crippen LogP contribution in [0.2, 0.25) is 0 Å². The molecule has 1 aromatic carbocycles. The summed E-state index contributed by atoms with van der Waals surface area (Å²) in [4.78, 5) is 23.7. The number of ether oxygens (including phenoxy) is 1. The van der Waals surface area contributed by atoms with Crippen LogP contribution in [0.25, 0.3) is 0 Å². The molecule has 1 amide bonds. The Kier molecular flexibility index (Phi) is 4.55. The van der Waals surface area contributed by atoms with Crippen molar-refractivity contribution in [3.8, 4) is 5.75 Å². The predicted octanol–water partition coefficient (Wildman–Crippen LogP) is 2.10. The molecule has 2 N–H and O–H groups in total. The smallest absolute Gasteiger partial charge is 0.308 e. The number of methoxy groups -OCH3 is 1. The van der Waals surface area contributed by atoms with Crippen LogP contribution in [0.3, 0.4) is 0 Å². The van der Waals surface area contributed by atoms with Crippen LogP contribution in [-0.4, -0.2) is 30.6 Å². The number of fused-ring (bicyclic) bond motifs is 1. The van der Waals surface area contributed by atoms with Crippen LogP contribution >= 0.6 is 0 Å². The summed E-state index contributed by atoms with van der Waals surface area (Å²) in [6.07, 6.45) is 3.86. The summed E-state index contributed by atoms with van der Waals surface area (Å²) in [5.41, 5.74) is 0.847. The van der Waals surface area contributed by atoms with Crippen molar-refractivity contribution in [2.45, 2.75) is 25.7 Å². The van der Waals surface area contributed by atoms with Gasteiger partial charge < -0.3 is 15.2 Å². The first-order valence-electron chi connectivity index (χ1n) is 8.24. The van der Waals surface area contributed by atoms with Crippen molar-refractivity contribution in [1.29, 1.82) is 0 Å². The molecule has 23 heavy (non-hydrogen) atoms. The third-order valence-electron chi connectivity index (χ3n) is 5.24. The minimum absolute atomic E-state index is 0.0333. The highest BCUT2D eigenvalue weighted by Crippen LogP contribution is 2.57. The first-order chi connectivity index (χ1) is 11.1. The number of carboxylic acids is 1. The Balaban J connectivity index is 1.57. The fraction of sp³-hybridized carbons (Fsp3) is 0.556. The van der Waals surface area contributed by atoms with Gasteiger partial charge in [-0.2, -0.15) is 0 Å². The minimum Gasteiger partial charge on any atom is -0.496 e. The lowest BCUT2D eigenvalue weighted by atomic mass is 9.98. The molecule has 0 heterocycles. The van der Waals surface area contributed by atoms with Gasteiger partial charge in [-0.05, 0) is 42.7 Å². The lowest BCUT2D eigenvalue weighted by Crippen LogP contribution is -2.35. The van der Waals surface area contributed by atoms with Crippen LogP contribution in [0.15, 0.2) is 24.3 Å². The van der Waals surface area contributed by atoms with Crippen LogP contribution in [0.1, 0.15) is 24.8 Å². The van der Waals surface area contributed by atoms with Gasteiger partial charge in [-0.3, -0.25) is 9.59 Å². The monoisotopic (exact) mass is 317 g/mol. The third-order valence-corrected chi connectivity index (χ3v) is 5.24. The molecular weight excluding hydrogens is 294 g/mol. The molecule has 1 aromatic rings. The van der Waals surface area contributed by atoms with E-state index in [0.717, 1.165) is 18.4 Å². The number of carbonyl (C=O) groups is 2. The predicted molar refractivity (Wildman–Crippen MR) is 85.2 cm³/mol. The molecule has 2 aliphatic carbocycles. The van der Waals surface area contributed by atoms with Crippen molar-refractivity contribution in [2.75, 3.05) is 13.7 Å². The molecule has 0 saturated heterocycles. The summed E-state index contributed by atoms with van der Waals surface area (Å²) in [5.74, 6) is 0.401. The maximum absolute atomic E-state index is 12.2. The van der Waals surface area contributed by atoms with E-state index in [1.54, 1.807) is 7.11 Å². The van der Waals surface area contributed by atoms with Crippen LogP contribution < -0.4 is 10.1 Å². The van der Waals surface area contributed by atoms with Crippen LogP contribution in [-0.2, 0) is 16.0 Å². The first kappa shape index (κ1) is 15.8. The summed E-state index contributed by atoms with van der Waals surface area (Å²) >= 11 is 0. The van der Waals surface area contributed by atoms with Crippen LogP contribution in [0.5, 0.6) is 5.75 Å². The average molecular weight is 317 g/mol. The van der Waals surface area contributed by atoms with Gasteiger partial charge in [0.05, 0.1) is 13.0 Å². The van der Waals surface area contributed by atoms with Gasteiger partial charge in [0.25, 0.3) is 0 Å². The van der Waals surface area contributed by atoms with Crippen molar-refractivity contribution in [3.05, 3.63) is 29.8 Å². The van der Waals surface area contributed by atoms with Crippen molar-refractivity contribution in [3.63, 3.8) is 0 Å². The average Bonchev–Trinajstić information content (AvgIpc) is 3.03. The van der Waals surface area contributed by atoms with Crippen molar-refractivity contribution >= 4 is 11.9 Å². The van der Waals surface area contributed by atoms with Gasteiger partial charge in [-0.15, -0.1) is 0 Å². The Morgan fingerprint density at radius 2 is 2.00 bits per heavy atom. The number of aliphatic carboxylic acids is 1. The van der Waals surface area contributed by atoms with Crippen molar-refractivity contribution in [2.24, 2.45) is 23.7 Å². The van der Waals surface area contributed by atoms with Gasteiger partial charge in [-0.25, -0.2) is 0 Å². The minimum atomic E-state index is -0.896. The molecule has 2 fully saturated rings. The molecular formula is C18H23NO4. The van der Waals surface area contributed by atoms with E-state index in [-0.39, 0.29) is 18.4 Å². The van der Waals surface area contributed by atoms with E-state index in [1.807, 2.05) is 24.3 Å². The molecule has 5 heteroatoms. The quantitative estimate of drug-likeness (QED) is 0.807. The Morgan fingerprint density at radius 1 is 1.30 bits per heavy atom. The molecule has 124 valence electrons. The highest BCUT2D eigenvalue weighted by molar-refractivity contribution is 5.83.